The van der Waals surface area contributed by atoms with E-state index in [-0.39, 0.29) is 29.8 Å². The summed E-state index contributed by atoms with van der Waals surface area (Å²) in [5.74, 6) is -2.84. The molecule has 0 fully saturated rings. The number of nitrogens with two attached hydrogens (primary N) is 1. The van der Waals surface area contributed by atoms with E-state index in [1.807, 2.05) is 0 Å². The number of carbonyl (C=O) groups is 3. The van der Waals surface area contributed by atoms with Gasteiger partial charge in [-0.3, -0.25) is 9.59 Å². The van der Waals surface area contributed by atoms with Crippen molar-refractivity contribution >= 4 is 33.6 Å². The number of hydrogen-bond acceptors (Lipinski definition) is 5. The maximum absolute atomic E-state index is 12.6. The summed E-state index contributed by atoms with van der Waals surface area (Å²) in [6, 6.07) is 1.34. The zero-order chi connectivity index (χ0) is 21.2. The average Bonchev–Trinajstić information content (AvgIpc) is 3.06. The largest absolute Gasteiger partial charge is 0.477 e. The first kappa shape index (κ1) is 21.4. The second-order valence-corrected chi connectivity index (χ2v) is 7.88. The molecule has 1 aromatic heterocycles. The van der Waals surface area contributed by atoms with Crippen molar-refractivity contribution in [3.05, 3.63) is 41.7 Å². The number of likely N-dealkylation sites (N-methyl/N-ethyl adjacent to an activating group) is 2. The molecule has 0 aromatic carbocycles. The molecule has 1 aliphatic carbocycles. The van der Waals surface area contributed by atoms with Crippen molar-refractivity contribution in [2.45, 2.75) is 6.92 Å². The average molecular weight is 410 g/mol. The van der Waals surface area contributed by atoms with Crippen molar-refractivity contribution in [1.82, 2.24) is 14.2 Å². The summed E-state index contributed by atoms with van der Waals surface area (Å²) in [5, 5.41) is 16.9. The summed E-state index contributed by atoms with van der Waals surface area (Å²) in [4.78, 5) is 36.9. The number of aromatic nitrogens is 1. The summed E-state index contributed by atoms with van der Waals surface area (Å²) < 4.78 is 23.7. The van der Waals surface area contributed by atoms with Crippen LogP contribution in [0, 0.1) is 11.8 Å². The van der Waals surface area contributed by atoms with Gasteiger partial charge in [0.15, 0.2) is 5.69 Å². The first-order valence-electron chi connectivity index (χ1n) is 8.31. The van der Waals surface area contributed by atoms with Gasteiger partial charge in [0.05, 0.1) is 12.5 Å². The zero-order valence-electron chi connectivity index (χ0n) is 15.6. The number of carboxylic acids is 1. The van der Waals surface area contributed by atoms with Gasteiger partial charge in [0.2, 0.25) is 11.8 Å². The Morgan fingerprint density at radius 2 is 2.00 bits per heavy atom. The van der Waals surface area contributed by atoms with Gasteiger partial charge in [0, 0.05) is 25.9 Å². The van der Waals surface area contributed by atoms with Gasteiger partial charge >= 0.3 is 16.2 Å². The lowest BCUT2D eigenvalue weighted by Gasteiger charge is -2.26. The minimum atomic E-state index is -4.27. The number of carbonyl (C=O) groups excluding carboxylic acids is 2. The van der Waals surface area contributed by atoms with E-state index < -0.39 is 27.8 Å². The van der Waals surface area contributed by atoms with Crippen molar-refractivity contribution in [2.75, 3.05) is 20.6 Å². The van der Waals surface area contributed by atoms with E-state index in [1.165, 1.54) is 25.1 Å². The maximum atomic E-state index is 12.6. The predicted octanol–water partition coefficient (Wildman–Crippen LogP) is -0.352. The molecule has 2 atom stereocenters. The Morgan fingerprint density at radius 1 is 1.36 bits per heavy atom. The van der Waals surface area contributed by atoms with E-state index in [0.29, 0.717) is 9.55 Å². The Morgan fingerprint density at radius 3 is 2.50 bits per heavy atom. The van der Waals surface area contributed by atoms with Crippen LogP contribution >= 0.6 is 0 Å². The summed E-state index contributed by atoms with van der Waals surface area (Å²) in [7, 11) is -1.27. The molecule has 10 nitrogen and oxygen atoms in total. The Balaban J connectivity index is 2.32. The van der Waals surface area contributed by atoms with Crippen LogP contribution in [0.2, 0.25) is 0 Å². The third kappa shape index (κ3) is 4.31. The van der Waals surface area contributed by atoms with Gasteiger partial charge in [0.1, 0.15) is 0 Å². The molecule has 28 heavy (non-hydrogen) atoms. The third-order valence-corrected chi connectivity index (χ3v) is 5.31. The highest BCUT2D eigenvalue weighted by Crippen LogP contribution is 2.31. The molecule has 1 aromatic rings. The fourth-order valence-corrected chi connectivity index (χ4v) is 3.67. The number of carboxylic acid groups (broad SMARTS) is 1. The molecule has 0 aliphatic heterocycles. The van der Waals surface area contributed by atoms with E-state index in [2.05, 4.69) is 5.32 Å². The molecular weight excluding hydrogens is 388 g/mol. The minimum absolute atomic E-state index is 0.0800. The van der Waals surface area contributed by atoms with Crippen molar-refractivity contribution < 1.29 is 27.9 Å². The highest BCUT2D eigenvalue weighted by Gasteiger charge is 2.30. The van der Waals surface area contributed by atoms with E-state index in [0.717, 1.165) is 6.20 Å². The van der Waals surface area contributed by atoms with Gasteiger partial charge < -0.3 is 15.3 Å². The van der Waals surface area contributed by atoms with Gasteiger partial charge in [-0.2, -0.15) is 8.42 Å². The molecule has 0 spiro atoms. The molecule has 4 N–H and O–H groups in total. The van der Waals surface area contributed by atoms with Crippen LogP contribution in [0.4, 0.5) is 0 Å². The van der Waals surface area contributed by atoms with E-state index in [1.54, 1.807) is 25.2 Å². The van der Waals surface area contributed by atoms with Gasteiger partial charge in [-0.25, -0.2) is 13.9 Å². The Labute approximate surface area is 162 Å². The minimum Gasteiger partial charge on any atom is -0.477 e. The van der Waals surface area contributed by atoms with E-state index in [9.17, 15) is 27.9 Å². The van der Waals surface area contributed by atoms with Gasteiger partial charge in [-0.05, 0) is 17.6 Å². The zero-order valence-corrected chi connectivity index (χ0v) is 16.4. The van der Waals surface area contributed by atoms with Crippen LogP contribution in [0.5, 0.6) is 0 Å². The predicted molar refractivity (Wildman–Crippen MR) is 101 cm³/mol. The molecule has 0 saturated carbocycles. The molecule has 0 radical (unpaired) electrons. The Kier molecular flexibility index (Phi) is 6.10. The molecule has 2 rings (SSSR count). The van der Waals surface area contributed by atoms with Crippen molar-refractivity contribution in [1.29, 1.82) is 0 Å². The number of rotatable bonds is 6. The Hall–Kier alpha value is -2.92. The number of amides is 2. The van der Waals surface area contributed by atoms with Crippen LogP contribution in [0.3, 0.4) is 0 Å². The fraction of sp³-hybridized carbons (Fsp3) is 0.353. The lowest BCUT2D eigenvalue weighted by Crippen LogP contribution is -2.41. The molecule has 0 bridgehead atoms. The number of hydrogen-bond donors (Lipinski definition) is 3. The van der Waals surface area contributed by atoms with Crippen LogP contribution in [0.25, 0.3) is 5.57 Å². The van der Waals surface area contributed by atoms with Crippen molar-refractivity contribution in [2.24, 2.45) is 17.0 Å². The lowest BCUT2D eigenvalue weighted by atomic mass is 9.84. The van der Waals surface area contributed by atoms with Gasteiger partial charge in [-0.15, -0.1) is 0 Å². The number of nitrogens with zero attached hydrogens (tertiary/aromatic N) is 2. The summed E-state index contributed by atoms with van der Waals surface area (Å²) in [6.45, 7) is 1.69. The molecule has 1 heterocycles. The molecule has 2 amide bonds. The van der Waals surface area contributed by atoms with E-state index in [4.69, 9.17) is 5.14 Å². The summed E-state index contributed by atoms with van der Waals surface area (Å²) in [6.07, 6.45) is 5.93. The van der Waals surface area contributed by atoms with Crippen LogP contribution < -0.4 is 10.5 Å². The fourth-order valence-electron chi connectivity index (χ4n) is 3.01. The van der Waals surface area contributed by atoms with Crippen LogP contribution in [-0.2, 0) is 19.8 Å². The molecule has 1 aliphatic rings. The number of allylic oxidation sites excluding steroid dienone is 3. The highest BCUT2D eigenvalue weighted by molar-refractivity contribution is 7.87. The van der Waals surface area contributed by atoms with Crippen molar-refractivity contribution in [3.63, 3.8) is 0 Å². The molecule has 2 unspecified atom stereocenters. The second-order valence-electron chi connectivity index (χ2n) is 6.46. The van der Waals surface area contributed by atoms with Gasteiger partial charge in [-0.1, -0.05) is 25.2 Å². The monoisotopic (exact) mass is 410 g/mol. The van der Waals surface area contributed by atoms with Crippen molar-refractivity contribution in [3.8, 4) is 0 Å². The number of aromatic carboxylic acids is 1. The molecule has 11 heteroatoms. The maximum Gasteiger partial charge on any atom is 0.354 e. The molecular formula is C17H22N4O6S. The third-order valence-electron chi connectivity index (χ3n) is 4.45. The quantitative estimate of drug-likeness (QED) is 0.583. The van der Waals surface area contributed by atoms with Crippen LogP contribution in [0.15, 0.2) is 30.5 Å². The first-order chi connectivity index (χ1) is 13.0. The molecule has 152 valence electrons. The SMILES string of the molecule is CNC(=O)CN(C)C(=O)C1C=CC(c2ccn(S(N)(=O)=O)c2C(=O)O)=CC1C. The van der Waals surface area contributed by atoms with Crippen LogP contribution in [0.1, 0.15) is 23.0 Å². The normalized spacial score (nSPS) is 19.1. The lowest BCUT2D eigenvalue weighted by molar-refractivity contribution is -0.137. The van der Waals surface area contributed by atoms with Gasteiger partial charge in [0.25, 0.3) is 0 Å². The second kappa shape index (κ2) is 7.98. The standard InChI is InChI=1S/C17H22N4O6S/c1-10-8-11(4-5-12(10)16(23)20(3)9-14(22)19-2)13-6-7-21(28(18,26)27)15(13)17(24)25/h4-8,10,12H,9H2,1-3H3,(H,19,22)(H,24,25)(H2,18,26,27). The first-order valence-corrected chi connectivity index (χ1v) is 9.81. The van der Waals surface area contributed by atoms with Crippen LogP contribution in [-0.4, -0.2) is 60.8 Å². The smallest absolute Gasteiger partial charge is 0.354 e. The van der Waals surface area contributed by atoms with E-state index >= 15 is 0 Å². The summed E-state index contributed by atoms with van der Waals surface area (Å²) in [5.41, 5.74) is 0.159. The highest BCUT2D eigenvalue weighted by atomic mass is 32.2. The Bertz CT molecular complexity index is 976. The molecule has 0 saturated heterocycles. The topological polar surface area (TPSA) is 152 Å². The number of nitrogens with one attached hydrogen (secondary N) is 1. The summed E-state index contributed by atoms with van der Waals surface area (Å²) >= 11 is 0.